The van der Waals surface area contributed by atoms with Crippen molar-refractivity contribution in [1.29, 1.82) is 0 Å². The summed E-state index contributed by atoms with van der Waals surface area (Å²) in [5.41, 5.74) is 18.0. The number of fused-ring (bicyclic) bond motifs is 6. The number of hydrogen-bond acceptors (Lipinski definition) is 10. The zero-order chi connectivity index (χ0) is 58.5. The van der Waals surface area contributed by atoms with E-state index < -0.39 is 6.10 Å². The Bertz CT molecular complexity index is 3110. The summed E-state index contributed by atoms with van der Waals surface area (Å²) < 4.78 is 45.5. The van der Waals surface area contributed by atoms with Crippen LogP contribution in [0.25, 0.3) is 0 Å². The van der Waals surface area contributed by atoms with E-state index in [2.05, 4.69) is 164 Å². The largest absolute Gasteiger partial charge is 0.507 e. The van der Waals surface area contributed by atoms with Gasteiger partial charge in [0.2, 0.25) is 0 Å². The van der Waals surface area contributed by atoms with Gasteiger partial charge in [-0.3, -0.25) is 4.98 Å². The summed E-state index contributed by atoms with van der Waals surface area (Å²) >= 11 is 0. The average molecular weight is 1100 g/mol. The van der Waals surface area contributed by atoms with Crippen molar-refractivity contribution < 1.29 is 43.4 Å². The molecule has 0 radical (unpaired) electrons. The third kappa shape index (κ3) is 15.9. The van der Waals surface area contributed by atoms with E-state index in [-0.39, 0.29) is 45.2 Å². The molecule has 1 unspecified atom stereocenters. The zero-order valence-electron chi connectivity index (χ0n) is 51.6. The molecule has 8 rings (SSSR count). The normalized spacial score (nSPS) is 18.0. The summed E-state index contributed by atoms with van der Waals surface area (Å²) in [7, 11) is 0. The summed E-state index contributed by atoms with van der Waals surface area (Å²) in [6, 6.07) is 23.7. The predicted octanol–water partition coefficient (Wildman–Crippen LogP) is 14.4. The Balaban J connectivity index is 1.46. The van der Waals surface area contributed by atoms with Crippen molar-refractivity contribution in [2.75, 3.05) is 66.1 Å². The number of ether oxygens (including phenoxy) is 7. The lowest BCUT2D eigenvalue weighted by Crippen LogP contribution is -2.27. The fourth-order valence-electron chi connectivity index (χ4n) is 10.7. The van der Waals surface area contributed by atoms with E-state index in [9.17, 15) is 10.2 Å². The Labute approximate surface area is 485 Å². The Morgan fingerprint density at radius 2 is 0.889 bits per heavy atom. The van der Waals surface area contributed by atoms with Crippen LogP contribution in [0.15, 0.2) is 101 Å². The molecule has 0 spiro atoms. The molecule has 1 aromatic heterocycles. The number of phenols is 2. The molecule has 2 heterocycles. The molecule has 10 nitrogen and oxygen atoms in total. The molecular weight excluding hydrogens is 1010 g/mol. The molecule has 0 amide bonds. The molecule has 5 aromatic rings. The van der Waals surface area contributed by atoms with Crippen LogP contribution in [0.3, 0.4) is 0 Å². The van der Waals surface area contributed by atoms with Crippen molar-refractivity contribution in [2.24, 2.45) is 5.41 Å². The molecule has 0 saturated heterocycles. The molecule has 10 heteroatoms. The zero-order valence-corrected chi connectivity index (χ0v) is 51.6. The number of nitrogens with zero attached hydrogens (tertiary/aromatic N) is 1. The van der Waals surface area contributed by atoms with Crippen molar-refractivity contribution in [2.45, 2.75) is 170 Å². The van der Waals surface area contributed by atoms with Crippen molar-refractivity contribution in [3.63, 3.8) is 0 Å². The van der Waals surface area contributed by atoms with Gasteiger partial charge < -0.3 is 43.4 Å². The highest BCUT2D eigenvalue weighted by atomic mass is 16.6. The van der Waals surface area contributed by atoms with Gasteiger partial charge in [0, 0.05) is 43.9 Å². The first-order valence-corrected chi connectivity index (χ1v) is 29.4. The number of hydrogen-bond donors (Lipinski definition) is 2. The summed E-state index contributed by atoms with van der Waals surface area (Å²) in [5, 5.41) is 25.8. The number of aromatic hydroxyl groups is 2. The van der Waals surface area contributed by atoms with Gasteiger partial charge >= 0.3 is 0 Å². The van der Waals surface area contributed by atoms with Gasteiger partial charge in [0.05, 0.1) is 65.2 Å². The fourth-order valence-corrected chi connectivity index (χ4v) is 10.7. The molecule has 2 aliphatic carbocycles. The Kier molecular flexibility index (Phi) is 19.3. The smallest absolute Gasteiger partial charge is 0.130 e. The number of phenolic OH excluding ortho intramolecular Hbond substituents is 2. The molecule has 12 bridgehead atoms. The minimum atomic E-state index is -0.513. The van der Waals surface area contributed by atoms with Gasteiger partial charge in [0.25, 0.3) is 0 Å². The summed E-state index contributed by atoms with van der Waals surface area (Å²) in [5.74, 6) is 1.91. The standard InChI is InChI=1S/C71H93NO9/c1-67(2,3)56-35-46-30-47-36-57(68(4,5)6)38-49(63(47)74)32-51-40-59(70(10,11)12)44-55(66(51)81-45-61-18-16-17-19-72-61)34-54-43-60(71(13,14)15)42-53-33-52-41-58(69(7,8)9)39-50(31-48(37-56)62(46)73)64(52)79-28-26-77-24-22-75-20-21-76-23-25-78-27-29-80-65(53)54/h16-19,35-42,44,65,73-74H,20-34,45H2,1-15H3. The minimum Gasteiger partial charge on any atom is -0.507 e. The SMILES string of the molecule is CC(C)(C)C1=C=C2Cc3cc(C(C)(C)C)cc(c3OCc3ccccn3)Cc3cc(C(C)(C)C)cc(c3O)Cc3cc(C(C)(C)C)cc(c3O)Cc3cc(C(C)(C)C)cc4c3OCCOCCOCCOCCOCCOC2C(=C1)C4. The highest BCUT2D eigenvalue weighted by molar-refractivity contribution is 5.59. The number of benzene rings is 4. The first-order valence-electron chi connectivity index (χ1n) is 29.4. The quantitative estimate of drug-likeness (QED) is 0.169. The number of allylic oxidation sites excluding steroid dienone is 1. The van der Waals surface area contributed by atoms with E-state index in [0.717, 1.165) is 101 Å². The lowest BCUT2D eigenvalue weighted by Gasteiger charge is -2.32. The maximum Gasteiger partial charge on any atom is 0.130 e. The summed E-state index contributed by atoms with van der Waals surface area (Å²) in [6.07, 6.45) is 5.65. The molecule has 1 atom stereocenters. The molecule has 2 N–H and O–H groups in total. The maximum atomic E-state index is 12.9. The molecule has 81 heavy (non-hydrogen) atoms. The van der Waals surface area contributed by atoms with Crippen molar-refractivity contribution in [3.8, 4) is 23.0 Å². The Hall–Kier alpha value is -5.71. The van der Waals surface area contributed by atoms with Gasteiger partial charge in [-0.15, -0.1) is 5.73 Å². The van der Waals surface area contributed by atoms with E-state index in [0.29, 0.717) is 98.2 Å². The van der Waals surface area contributed by atoms with E-state index in [4.69, 9.17) is 38.1 Å². The second kappa shape index (κ2) is 25.4. The molecule has 3 aliphatic rings. The number of aromatic nitrogens is 1. The van der Waals surface area contributed by atoms with Gasteiger partial charge in [-0.25, -0.2) is 0 Å². The van der Waals surface area contributed by atoms with Crippen LogP contribution >= 0.6 is 0 Å². The second-order valence-electron chi connectivity index (χ2n) is 27.6. The van der Waals surface area contributed by atoms with Gasteiger partial charge in [-0.2, -0.15) is 0 Å². The van der Waals surface area contributed by atoms with Crippen LogP contribution in [0.1, 0.15) is 176 Å². The van der Waals surface area contributed by atoms with Crippen molar-refractivity contribution in [1.82, 2.24) is 4.98 Å². The second-order valence-corrected chi connectivity index (χ2v) is 27.6. The highest BCUT2D eigenvalue weighted by Gasteiger charge is 2.33. The molecular formula is C71H93NO9. The lowest BCUT2D eigenvalue weighted by atomic mass is 9.77. The minimum absolute atomic E-state index is 0.205. The van der Waals surface area contributed by atoms with E-state index in [1.165, 1.54) is 0 Å². The monoisotopic (exact) mass is 1100 g/mol. The molecule has 1 aliphatic heterocycles. The van der Waals surface area contributed by atoms with E-state index in [1.807, 2.05) is 18.2 Å². The molecule has 436 valence electrons. The predicted molar refractivity (Wildman–Crippen MR) is 325 cm³/mol. The first-order chi connectivity index (χ1) is 38.1. The number of rotatable bonds is 3. The lowest BCUT2D eigenvalue weighted by molar-refractivity contribution is -0.0158. The summed E-state index contributed by atoms with van der Waals surface area (Å²) in [6.45, 7) is 37.7. The van der Waals surface area contributed by atoms with E-state index >= 15 is 0 Å². The first kappa shape index (κ1) is 61.4. The van der Waals surface area contributed by atoms with Crippen LogP contribution in [-0.2, 0) is 84.1 Å². The van der Waals surface area contributed by atoms with Crippen molar-refractivity contribution in [3.05, 3.63) is 174 Å². The average Bonchev–Trinajstić information content (AvgIpc) is 3.38. The molecule has 0 fully saturated rings. The van der Waals surface area contributed by atoms with Crippen LogP contribution in [0, 0.1) is 5.41 Å². The van der Waals surface area contributed by atoms with Crippen LogP contribution in [-0.4, -0.2) is 87.4 Å². The van der Waals surface area contributed by atoms with Gasteiger partial charge in [0.15, 0.2) is 0 Å². The highest BCUT2D eigenvalue weighted by Crippen LogP contribution is 2.45. The Morgan fingerprint density at radius 1 is 0.481 bits per heavy atom. The van der Waals surface area contributed by atoms with Crippen molar-refractivity contribution >= 4 is 0 Å². The molecule has 0 saturated carbocycles. The fraction of sp³-hybridized carbons (Fsp3) is 0.521. The van der Waals surface area contributed by atoms with E-state index in [1.54, 1.807) is 6.20 Å². The maximum absolute atomic E-state index is 12.9. The number of pyridine rings is 1. The third-order valence-electron chi connectivity index (χ3n) is 15.7. The third-order valence-corrected chi connectivity index (χ3v) is 15.7. The van der Waals surface area contributed by atoms with Crippen LogP contribution in [0.2, 0.25) is 0 Å². The van der Waals surface area contributed by atoms with Crippen LogP contribution in [0.5, 0.6) is 23.0 Å². The van der Waals surface area contributed by atoms with Gasteiger partial charge in [0.1, 0.15) is 42.3 Å². The van der Waals surface area contributed by atoms with Crippen LogP contribution < -0.4 is 9.47 Å². The Morgan fingerprint density at radius 3 is 1.35 bits per heavy atom. The summed E-state index contributed by atoms with van der Waals surface area (Å²) in [4.78, 5) is 4.70. The van der Waals surface area contributed by atoms with Gasteiger partial charge in [-0.05, 0) is 123 Å². The topological polar surface area (TPSA) is 118 Å². The van der Waals surface area contributed by atoms with Crippen LogP contribution in [0.4, 0.5) is 0 Å². The van der Waals surface area contributed by atoms with Gasteiger partial charge in [-0.1, -0.05) is 158 Å². The molecule has 4 aromatic carbocycles.